The maximum Gasteiger partial charge on any atom is 0.316 e. The molecular formula is C23H22FN5O3. The monoisotopic (exact) mass is 435 g/mol. The predicted molar refractivity (Wildman–Crippen MR) is 115 cm³/mol. The summed E-state index contributed by atoms with van der Waals surface area (Å²) in [5.41, 5.74) is 4.83. The van der Waals surface area contributed by atoms with E-state index in [4.69, 9.17) is 9.47 Å². The van der Waals surface area contributed by atoms with Crippen LogP contribution in [0.25, 0.3) is 0 Å². The third-order valence-electron chi connectivity index (χ3n) is 5.08. The second kappa shape index (κ2) is 9.61. The molecule has 3 heterocycles. The molecule has 1 atom stereocenters. The van der Waals surface area contributed by atoms with Crippen molar-refractivity contribution in [1.29, 1.82) is 0 Å². The van der Waals surface area contributed by atoms with Crippen LogP contribution in [-0.2, 0) is 22.5 Å². The van der Waals surface area contributed by atoms with Crippen molar-refractivity contribution in [3.05, 3.63) is 82.7 Å². The van der Waals surface area contributed by atoms with E-state index >= 15 is 0 Å². The number of methoxy groups -OCH3 is 2. The molecule has 1 N–H and O–H groups in total. The number of aliphatic imine (C=N–C) groups is 1. The quantitative estimate of drug-likeness (QED) is 0.584. The number of fused-ring (bicyclic) bond motifs is 1. The van der Waals surface area contributed by atoms with Crippen molar-refractivity contribution in [2.75, 3.05) is 20.8 Å². The van der Waals surface area contributed by atoms with Gasteiger partial charge in [-0.3, -0.25) is 14.8 Å². The fraction of sp³-hybridized carbons (Fsp3) is 0.261. The van der Waals surface area contributed by atoms with E-state index in [1.54, 1.807) is 37.8 Å². The number of aromatic nitrogens is 3. The fourth-order valence-corrected chi connectivity index (χ4v) is 3.52. The molecule has 2 aromatic heterocycles. The molecule has 0 spiro atoms. The first kappa shape index (κ1) is 21.5. The Morgan fingerprint density at radius 3 is 2.56 bits per heavy atom. The summed E-state index contributed by atoms with van der Waals surface area (Å²) in [7, 11) is 3.06. The van der Waals surface area contributed by atoms with Crippen LogP contribution in [0, 0.1) is 5.82 Å². The number of benzene rings is 1. The third kappa shape index (κ3) is 4.78. The molecule has 1 aliphatic rings. The molecule has 1 aromatic carbocycles. The molecule has 0 saturated heterocycles. The van der Waals surface area contributed by atoms with Crippen molar-refractivity contribution in [2.24, 2.45) is 4.99 Å². The van der Waals surface area contributed by atoms with E-state index in [9.17, 15) is 9.18 Å². The van der Waals surface area contributed by atoms with Crippen LogP contribution in [0.2, 0.25) is 0 Å². The maximum absolute atomic E-state index is 13.2. The lowest BCUT2D eigenvalue weighted by atomic mass is 10.0. The number of ether oxygens (including phenoxy) is 2. The summed E-state index contributed by atoms with van der Waals surface area (Å²) < 4.78 is 23.4. The van der Waals surface area contributed by atoms with Gasteiger partial charge in [-0.25, -0.2) is 14.4 Å². The highest BCUT2D eigenvalue weighted by molar-refractivity contribution is 6.14. The second-order valence-electron chi connectivity index (χ2n) is 7.26. The van der Waals surface area contributed by atoms with Gasteiger partial charge in [0.05, 0.1) is 44.1 Å². The maximum atomic E-state index is 13.2. The Kier molecular flexibility index (Phi) is 6.46. The molecule has 0 aliphatic carbocycles. The number of amides is 1. The van der Waals surface area contributed by atoms with Crippen molar-refractivity contribution in [3.8, 4) is 6.01 Å². The van der Waals surface area contributed by atoms with E-state index in [1.165, 1.54) is 19.2 Å². The zero-order chi connectivity index (χ0) is 22.5. The minimum atomic E-state index is -0.382. The number of halogens is 1. The molecule has 0 unspecified atom stereocenters. The van der Waals surface area contributed by atoms with Crippen molar-refractivity contribution < 1.29 is 18.7 Å². The second-order valence-corrected chi connectivity index (χ2v) is 7.26. The van der Waals surface area contributed by atoms with E-state index in [-0.39, 0.29) is 30.8 Å². The van der Waals surface area contributed by atoms with Gasteiger partial charge in [-0.1, -0.05) is 12.1 Å². The number of nitrogens with one attached hydrogen (secondary N) is 1. The van der Waals surface area contributed by atoms with Gasteiger partial charge in [-0.05, 0) is 29.3 Å². The van der Waals surface area contributed by atoms with E-state index in [2.05, 4.69) is 25.3 Å². The lowest BCUT2D eigenvalue weighted by molar-refractivity contribution is -0.121. The van der Waals surface area contributed by atoms with Crippen LogP contribution in [0.4, 0.5) is 4.39 Å². The average molecular weight is 435 g/mol. The Bertz CT molecular complexity index is 1130. The molecule has 0 fully saturated rings. The molecule has 0 saturated carbocycles. The largest absolute Gasteiger partial charge is 0.467 e. The number of carbonyl (C=O) groups excluding carboxylic acids is 1. The van der Waals surface area contributed by atoms with Crippen molar-refractivity contribution >= 4 is 11.6 Å². The molecule has 4 rings (SSSR count). The number of rotatable bonds is 8. The van der Waals surface area contributed by atoms with Crippen LogP contribution in [0.1, 0.15) is 34.0 Å². The van der Waals surface area contributed by atoms with Crippen molar-refractivity contribution in [2.45, 2.75) is 19.0 Å². The van der Waals surface area contributed by atoms with Crippen LogP contribution >= 0.6 is 0 Å². The standard InChI is InChI=1S/C23H22FN5O3/c1-31-13-20(14-3-5-17(24)6-4-14)29-21(30)8-18-7-15-9-26-22(19(15)12-25-18)16-10-27-23(32-2)28-11-16/h3-7,10-12,20H,8-9,13H2,1-2H3,(H,29,30)/t20-/m1/s1. The van der Waals surface area contributed by atoms with Crippen molar-refractivity contribution in [1.82, 2.24) is 20.3 Å². The molecule has 164 valence electrons. The lowest BCUT2D eigenvalue weighted by Crippen LogP contribution is -2.32. The number of carbonyl (C=O) groups is 1. The van der Waals surface area contributed by atoms with Gasteiger partial charge in [0.2, 0.25) is 5.91 Å². The Morgan fingerprint density at radius 1 is 1.12 bits per heavy atom. The van der Waals surface area contributed by atoms with Gasteiger partial charge in [-0.2, -0.15) is 0 Å². The first-order valence-corrected chi connectivity index (χ1v) is 10.00. The number of nitrogens with zero attached hydrogens (tertiary/aromatic N) is 4. The van der Waals surface area contributed by atoms with Gasteiger partial charge in [0.15, 0.2) is 0 Å². The first-order chi connectivity index (χ1) is 15.6. The number of hydrogen-bond donors (Lipinski definition) is 1. The zero-order valence-corrected chi connectivity index (χ0v) is 17.7. The first-order valence-electron chi connectivity index (χ1n) is 10.00. The van der Waals surface area contributed by atoms with Crippen LogP contribution in [-0.4, -0.2) is 47.4 Å². The topological polar surface area (TPSA) is 98.6 Å². The van der Waals surface area contributed by atoms with E-state index in [0.29, 0.717) is 18.2 Å². The summed E-state index contributed by atoms with van der Waals surface area (Å²) in [5, 5.41) is 2.93. The van der Waals surface area contributed by atoms with Crippen LogP contribution in [0.15, 0.2) is 53.9 Å². The molecule has 1 amide bonds. The van der Waals surface area contributed by atoms with Gasteiger partial charge in [0, 0.05) is 36.8 Å². The Hall–Kier alpha value is -3.72. The molecule has 0 bridgehead atoms. The number of pyridine rings is 1. The molecule has 1 aliphatic heterocycles. The van der Waals surface area contributed by atoms with Crippen LogP contribution in [0.3, 0.4) is 0 Å². The molecular weight excluding hydrogens is 413 g/mol. The van der Waals surface area contributed by atoms with Gasteiger partial charge >= 0.3 is 6.01 Å². The van der Waals surface area contributed by atoms with Gasteiger partial charge in [0.1, 0.15) is 5.82 Å². The van der Waals surface area contributed by atoms with Gasteiger partial charge < -0.3 is 14.8 Å². The molecule has 0 radical (unpaired) electrons. The molecule has 8 nitrogen and oxygen atoms in total. The van der Waals surface area contributed by atoms with Gasteiger partial charge in [-0.15, -0.1) is 0 Å². The average Bonchev–Trinajstić information content (AvgIpc) is 3.22. The highest BCUT2D eigenvalue weighted by Crippen LogP contribution is 2.23. The molecule has 3 aromatic rings. The lowest BCUT2D eigenvalue weighted by Gasteiger charge is -2.18. The smallest absolute Gasteiger partial charge is 0.316 e. The predicted octanol–water partition coefficient (Wildman–Crippen LogP) is 2.42. The van der Waals surface area contributed by atoms with E-state index < -0.39 is 0 Å². The van der Waals surface area contributed by atoms with Crippen molar-refractivity contribution in [3.63, 3.8) is 0 Å². The Balaban J connectivity index is 1.44. The summed E-state index contributed by atoms with van der Waals surface area (Å²) in [6, 6.07) is 7.78. The normalized spacial score (nSPS) is 13.3. The summed E-state index contributed by atoms with van der Waals surface area (Å²) >= 11 is 0. The summed E-state index contributed by atoms with van der Waals surface area (Å²) in [6.07, 6.45) is 5.15. The highest BCUT2D eigenvalue weighted by Gasteiger charge is 2.21. The SMILES string of the molecule is COC[C@@H](NC(=O)Cc1cc2c(cn1)C(c1cnc(OC)nc1)=NC2)c1ccc(F)cc1. The van der Waals surface area contributed by atoms with E-state index in [1.807, 2.05) is 6.07 Å². The molecule has 32 heavy (non-hydrogen) atoms. The van der Waals surface area contributed by atoms with Crippen LogP contribution < -0.4 is 10.1 Å². The third-order valence-corrected chi connectivity index (χ3v) is 5.08. The van der Waals surface area contributed by atoms with E-state index in [0.717, 1.165) is 28.0 Å². The minimum absolute atomic E-state index is 0.107. The van der Waals surface area contributed by atoms with Crippen LogP contribution in [0.5, 0.6) is 6.01 Å². The minimum Gasteiger partial charge on any atom is -0.467 e. The molecule has 9 heteroatoms. The highest BCUT2D eigenvalue weighted by atomic mass is 19.1. The summed E-state index contributed by atoms with van der Waals surface area (Å²) in [4.78, 5) is 29.9. The summed E-state index contributed by atoms with van der Waals surface area (Å²) in [6.45, 7) is 0.770. The Labute approximate surface area is 184 Å². The summed E-state index contributed by atoms with van der Waals surface area (Å²) in [5.74, 6) is -0.534. The Morgan fingerprint density at radius 2 is 1.88 bits per heavy atom. The fourth-order valence-electron chi connectivity index (χ4n) is 3.52. The zero-order valence-electron chi connectivity index (χ0n) is 17.7. The number of hydrogen-bond acceptors (Lipinski definition) is 7. The van der Waals surface area contributed by atoms with Gasteiger partial charge in [0.25, 0.3) is 0 Å².